The lowest BCUT2D eigenvalue weighted by molar-refractivity contribution is -0.138. The Morgan fingerprint density at radius 3 is 2.49 bits per heavy atom. The van der Waals surface area contributed by atoms with Crippen LogP contribution in [0.2, 0.25) is 0 Å². The second-order valence-electron chi connectivity index (χ2n) is 9.71. The summed E-state index contributed by atoms with van der Waals surface area (Å²) in [4.78, 5) is 11.3. The molecule has 35 heavy (non-hydrogen) atoms. The average Bonchev–Trinajstić information content (AvgIpc) is 2.90. The van der Waals surface area contributed by atoms with Crippen LogP contribution in [0.5, 0.6) is 5.75 Å². The largest absolute Gasteiger partial charge is 0.489 e. The molecule has 0 atom stereocenters. The van der Waals surface area contributed by atoms with Crippen molar-refractivity contribution in [2.45, 2.75) is 77.0 Å². The Hall–Kier alpha value is -2.59. The molecule has 3 rings (SSSR count). The molecule has 1 fully saturated rings. The van der Waals surface area contributed by atoms with Crippen LogP contribution in [-0.4, -0.2) is 30.9 Å². The highest BCUT2D eigenvalue weighted by molar-refractivity contribution is 5.81. The van der Waals surface area contributed by atoms with Gasteiger partial charge in [0.15, 0.2) is 0 Å². The highest BCUT2D eigenvalue weighted by Crippen LogP contribution is 2.39. The van der Waals surface area contributed by atoms with Gasteiger partial charge in [-0.1, -0.05) is 75.6 Å². The third kappa shape index (κ3) is 8.54. The molecule has 2 aromatic rings. The van der Waals surface area contributed by atoms with Crippen molar-refractivity contribution in [3.05, 3.63) is 66.2 Å². The van der Waals surface area contributed by atoms with Gasteiger partial charge in [0.1, 0.15) is 19.0 Å². The minimum atomic E-state index is -0.448. The van der Waals surface area contributed by atoms with E-state index < -0.39 is 5.97 Å². The van der Waals surface area contributed by atoms with Gasteiger partial charge >= 0.3 is 5.97 Å². The first-order valence-electron chi connectivity index (χ1n) is 13.4. The molecular weight excluding hydrogens is 436 g/mol. The Bertz CT molecular complexity index is 910. The third-order valence-corrected chi connectivity index (χ3v) is 7.18. The van der Waals surface area contributed by atoms with Crippen molar-refractivity contribution in [2.75, 3.05) is 19.8 Å². The summed E-state index contributed by atoms with van der Waals surface area (Å²) in [5.74, 6) is 1.92. The minimum absolute atomic E-state index is 0.164. The Kier molecular flexibility index (Phi) is 11.4. The first-order chi connectivity index (χ1) is 17.1. The lowest BCUT2D eigenvalue weighted by atomic mass is 9.77. The number of aliphatic hydroxyl groups is 1. The molecule has 0 aliphatic heterocycles. The number of aryl methyl sites for hydroxylation is 1. The molecule has 4 heteroatoms. The van der Waals surface area contributed by atoms with Crippen LogP contribution < -0.4 is 4.74 Å². The maximum absolute atomic E-state index is 11.3. The average molecular weight is 479 g/mol. The van der Waals surface area contributed by atoms with Gasteiger partial charge in [0, 0.05) is 18.2 Å². The van der Waals surface area contributed by atoms with E-state index in [-0.39, 0.29) is 19.8 Å². The van der Waals surface area contributed by atoms with Crippen LogP contribution in [0.3, 0.4) is 0 Å². The molecule has 1 saturated carbocycles. The Labute approximate surface area is 211 Å². The van der Waals surface area contributed by atoms with Gasteiger partial charge in [-0.2, -0.15) is 0 Å². The van der Waals surface area contributed by atoms with Gasteiger partial charge in [0.05, 0.1) is 0 Å². The number of hydrogen-bond donors (Lipinski definition) is 1. The van der Waals surface area contributed by atoms with E-state index in [2.05, 4.69) is 49.9 Å². The zero-order valence-electron chi connectivity index (χ0n) is 21.3. The topological polar surface area (TPSA) is 55.8 Å². The molecule has 0 unspecified atom stereocenters. The first-order valence-corrected chi connectivity index (χ1v) is 13.4. The SMILES string of the molecule is C=CC(=O)OCCOc1cc(CCCO)ccc1-c1ccc(C2CCC(CCCCC)CC2)cc1. The summed E-state index contributed by atoms with van der Waals surface area (Å²) in [7, 11) is 0. The Morgan fingerprint density at radius 1 is 1.03 bits per heavy atom. The number of aliphatic hydroxyl groups excluding tert-OH is 1. The van der Waals surface area contributed by atoms with Crippen LogP contribution >= 0.6 is 0 Å². The summed E-state index contributed by atoms with van der Waals surface area (Å²) in [5.41, 5.74) is 4.71. The lowest BCUT2D eigenvalue weighted by Gasteiger charge is -2.29. The maximum Gasteiger partial charge on any atom is 0.330 e. The van der Waals surface area contributed by atoms with E-state index >= 15 is 0 Å². The predicted molar refractivity (Wildman–Crippen MR) is 143 cm³/mol. The number of rotatable bonds is 14. The molecule has 0 spiro atoms. The van der Waals surface area contributed by atoms with E-state index in [1.54, 1.807) is 0 Å². The van der Waals surface area contributed by atoms with Crippen molar-refractivity contribution >= 4 is 5.97 Å². The fourth-order valence-electron chi connectivity index (χ4n) is 5.12. The summed E-state index contributed by atoms with van der Waals surface area (Å²) < 4.78 is 11.1. The highest BCUT2D eigenvalue weighted by Gasteiger charge is 2.22. The predicted octanol–water partition coefficient (Wildman–Crippen LogP) is 7.24. The molecule has 0 bridgehead atoms. The highest BCUT2D eigenvalue weighted by atomic mass is 16.6. The molecule has 0 saturated heterocycles. The van der Waals surface area contributed by atoms with Crippen LogP contribution in [0.15, 0.2) is 55.1 Å². The standard InChI is InChI=1S/C31H42O4/c1-3-5-6-8-24-10-13-26(14-11-24)27-15-17-28(18-16-27)29-19-12-25(9-7-20-32)23-30(29)34-21-22-35-31(33)4-2/h4,12,15-19,23-24,26,32H,2-3,5-11,13-14,20-22H2,1H3. The number of benzene rings is 2. The van der Waals surface area contributed by atoms with Gasteiger partial charge in [-0.15, -0.1) is 0 Å². The molecular formula is C31H42O4. The number of esters is 1. The van der Waals surface area contributed by atoms with Crippen LogP contribution in [0.1, 0.15) is 81.8 Å². The summed E-state index contributed by atoms with van der Waals surface area (Å²) in [5, 5.41) is 9.19. The molecule has 1 aliphatic carbocycles. The minimum Gasteiger partial charge on any atom is -0.489 e. The molecule has 2 aromatic carbocycles. The first kappa shape index (κ1) is 27.0. The van der Waals surface area contributed by atoms with Gasteiger partial charge in [-0.3, -0.25) is 0 Å². The molecule has 1 aliphatic rings. The van der Waals surface area contributed by atoms with Crippen molar-refractivity contribution in [1.29, 1.82) is 0 Å². The maximum atomic E-state index is 11.3. The Morgan fingerprint density at radius 2 is 1.80 bits per heavy atom. The second-order valence-corrected chi connectivity index (χ2v) is 9.71. The van der Waals surface area contributed by atoms with Gasteiger partial charge in [-0.05, 0) is 73.1 Å². The van der Waals surface area contributed by atoms with Crippen molar-refractivity contribution < 1.29 is 19.4 Å². The van der Waals surface area contributed by atoms with E-state index in [9.17, 15) is 9.90 Å². The van der Waals surface area contributed by atoms with Crippen LogP contribution in [0.4, 0.5) is 0 Å². The molecule has 0 amide bonds. The normalized spacial score (nSPS) is 17.7. The van der Waals surface area contributed by atoms with Crippen molar-refractivity contribution in [2.24, 2.45) is 5.92 Å². The number of unbranched alkanes of at least 4 members (excludes halogenated alkanes) is 2. The molecule has 0 radical (unpaired) electrons. The quantitative estimate of drug-likeness (QED) is 0.177. The molecule has 1 N–H and O–H groups in total. The number of carbonyl (C=O) groups excluding carboxylic acids is 1. The van der Waals surface area contributed by atoms with E-state index in [0.717, 1.165) is 40.9 Å². The fourth-order valence-corrected chi connectivity index (χ4v) is 5.12. The van der Waals surface area contributed by atoms with Gasteiger partial charge in [0.25, 0.3) is 0 Å². The van der Waals surface area contributed by atoms with Crippen LogP contribution in [0, 0.1) is 5.92 Å². The lowest BCUT2D eigenvalue weighted by Crippen LogP contribution is -2.13. The van der Waals surface area contributed by atoms with E-state index in [4.69, 9.17) is 9.47 Å². The van der Waals surface area contributed by atoms with Gasteiger partial charge < -0.3 is 14.6 Å². The van der Waals surface area contributed by atoms with E-state index in [1.807, 2.05) is 6.07 Å². The van der Waals surface area contributed by atoms with Crippen molar-refractivity contribution in [3.63, 3.8) is 0 Å². The zero-order valence-corrected chi connectivity index (χ0v) is 21.3. The van der Waals surface area contributed by atoms with Crippen LogP contribution in [-0.2, 0) is 16.0 Å². The number of ether oxygens (including phenoxy) is 2. The van der Waals surface area contributed by atoms with Crippen molar-refractivity contribution in [3.8, 4) is 16.9 Å². The Balaban J connectivity index is 1.65. The van der Waals surface area contributed by atoms with Crippen molar-refractivity contribution in [1.82, 2.24) is 0 Å². The summed E-state index contributed by atoms with van der Waals surface area (Å²) >= 11 is 0. The van der Waals surface area contributed by atoms with E-state index in [0.29, 0.717) is 12.3 Å². The molecule has 4 nitrogen and oxygen atoms in total. The number of hydrogen-bond acceptors (Lipinski definition) is 4. The second kappa shape index (κ2) is 14.7. The fraction of sp³-hybridized carbons (Fsp3) is 0.516. The molecule has 0 aromatic heterocycles. The molecule has 0 heterocycles. The number of carbonyl (C=O) groups is 1. The monoisotopic (exact) mass is 478 g/mol. The van der Waals surface area contributed by atoms with Gasteiger partial charge in [0.2, 0.25) is 0 Å². The zero-order chi connectivity index (χ0) is 24.9. The summed E-state index contributed by atoms with van der Waals surface area (Å²) in [6.07, 6.45) is 13.5. The molecule has 190 valence electrons. The summed E-state index contributed by atoms with van der Waals surface area (Å²) in [6.45, 7) is 6.30. The summed E-state index contributed by atoms with van der Waals surface area (Å²) in [6, 6.07) is 15.2. The third-order valence-electron chi connectivity index (χ3n) is 7.18. The van der Waals surface area contributed by atoms with Crippen LogP contribution in [0.25, 0.3) is 11.1 Å². The smallest absolute Gasteiger partial charge is 0.330 e. The van der Waals surface area contributed by atoms with Gasteiger partial charge in [-0.25, -0.2) is 4.79 Å². The van der Waals surface area contributed by atoms with E-state index in [1.165, 1.54) is 56.9 Å².